The van der Waals surface area contributed by atoms with Crippen LogP contribution in [0.25, 0.3) is 11.1 Å². The van der Waals surface area contributed by atoms with Gasteiger partial charge in [-0.2, -0.15) is 0 Å². The van der Waals surface area contributed by atoms with Crippen molar-refractivity contribution >= 4 is 28.4 Å². The maximum Gasteiger partial charge on any atom is 0.255 e. The summed E-state index contributed by atoms with van der Waals surface area (Å²) in [5, 5.41) is 2.80. The van der Waals surface area contributed by atoms with Crippen molar-refractivity contribution in [1.29, 1.82) is 0 Å². The molecule has 1 heterocycles. The minimum atomic E-state index is -0.215. The SMILES string of the molecule is Cc1nc2ccc(NC(=O)c3cccc(N)c3)cc2o1. The van der Waals surface area contributed by atoms with Crippen molar-refractivity contribution in [3.05, 3.63) is 53.9 Å². The number of nitrogens with two attached hydrogens (primary N) is 1. The predicted molar refractivity (Wildman–Crippen MR) is 77.6 cm³/mol. The summed E-state index contributed by atoms with van der Waals surface area (Å²) in [5.74, 6) is 0.382. The predicted octanol–water partition coefficient (Wildman–Crippen LogP) is 2.97. The van der Waals surface area contributed by atoms with Crippen LogP contribution in [0, 0.1) is 6.92 Å². The first-order valence-corrected chi connectivity index (χ1v) is 6.16. The fraction of sp³-hybridized carbons (Fsp3) is 0.0667. The Morgan fingerprint density at radius 3 is 2.90 bits per heavy atom. The highest BCUT2D eigenvalue weighted by Crippen LogP contribution is 2.20. The fourth-order valence-corrected chi connectivity index (χ4v) is 2.00. The smallest absolute Gasteiger partial charge is 0.255 e. The molecule has 0 unspecified atom stereocenters. The van der Waals surface area contributed by atoms with Gasteiger partial charge in [0.1, 0.15) is 5.52 Å². The average Bonchev–Trinajstić information content (AvgIpc) is 2.78. The molecule has 0 fully saturated rings. The van der Waals surface area contributed by atoms with Gasteiger partial charge in [-0.3, -0.25) is 4.79 Å². The van der Waals surface area contributed by atoms with E-state index >= 15 is 0 Å². The monoisotopic (exact) mass is 267 g/mol. The van der Waals surface area contributed by atoms with E-state index in [1.807, 2.05) is 0 Å². The number of nitrogen functional groups attached to an aromatic ring is 1. The number of rotatable bonds is 2. The molecular weight excluding hydrogens is 254 g/mol. The molecule has 0 aliphatic rings. The van der Waals surface area contributed by atoms with Gasteiger partial charge < -0.3 is 15.5 Å². The van der Waals surface area contributed by atoms with E-state index in [4.69, 9.17) is 10.2 Å². The van der Waals surface area contributed by atoms with Gasteiger partial charge in [0.15, 0.2) is 11.5 Å². The van der Waals surface area contributed by atoms with Crippen LogP contribution in [0.1, 0.15) is 16.2 Å². The van der Waals surface area contributed by atoms with Gasteiger partial charge in [-0.1, -0.05) is 6.07 Å². The first kappa shape index (κ1) is 12.2. The van der Waals surface area contributed by atoms with E-state index in [1.165, 1.54) is 0 Å². The summed E-state index contributed by atoms with van der Waals surface area (Å²) in [6.45, 7) is 1.78. The molecule has 0 aliphatic heterocycles. The Bertz CT molecular complexity index is 793. The van der Waals surface area contributed by atoms with Crippen molar-refractivity contribution in [3.8, 4) is 0 Å². The highest BCUT2D eigenvalue weighted by Gasteiger charge is 2.08. The van der Waals surface area contributed by atoms with E-state index in [0.717, 1.165) is 5.52 Å². The lowest BCUT2D eigenvalue weighted by Gasteiger charge is -2.05. The van der Waals surface area contributed by atoms with Crippen LogP contribution < -0.4 is 11.1 Å². The van der Waals surface area contributed by atoms with Gasteiger partial charge in [0.2, 0.25) is 0 Å². The number of amides is 1. The Hall–Kier alpha value is -2.82. The number of nitrogens with zero attached hydrogens (tertiary/aromatic N) is 1. The second kappa shape index (κ2) is 4.70. The standard InChI is InChI=1S/C15H13N3O2/c1-9-17-13-6-5-12(8-14(13)20-9)18-15(19)10-3-2-4-11(16)7-10/h2-8H,16H2,1H3,(H,18,19). The molecule has 1 aromatic heterocycles. The van der Waals surface area contributed by atoms with Crippen LogP contribution in [0.15, 0.2) is 46.9 Å². The minimum Gasteiger partial charge on any atom is -0.441 e. The summed E-state index contributed by atoms with van der Waals surface area (Å²) in [6, 6.07) is 12.2. The van der Waals surface area contributed by atoms with Crippen LogP contribution >= 0.6 is 0 Å². The number of benzene rings is 2. The lowest BCUT2D eigenvalue weighted by atomic mass is 10.2. The normalized spacial score (nSPS) is 10.7. The summed E-state index contributed by atoms with van der Waals surface area (Å²) >= 11 is 0. The molecule has 0 spiro atoms. The number of hydrogen-bond acceptors (Lipinski definition) is 4. The number of fused-ring (bicyclic) bond motifs is 1. The molecule has 20 heavy (non-hydrogen) atoms. The minimum absolute atomic E-state index is 0.215. The molecule has 0 radical (unpaired) electrons. The van der Waals surface area contributed by atoms with Gasteiger partial charge in [-0.05, 0) is 30.3 Å². The number of anilines is 2. The first-order chi connectivity index (χ1) is 9.61. The molecule has 3 N–H and O–H groups in total. The molecular formula is C15H13N3O2. The van der Waals surface area contributed by atoms with Crippen molar-refractivity contribution in [1.82, 2.24) is 4.98 Å². The molecule has 0 saturated heterocycles. The molecule has 0 saturated carbocycles. The van der Waals surface area contributed by atoms with E-state index in [2.05, 4.69) is 10.3 Å². The summed E-state index contributed by atoms with van der Waals surface area (Å²) in [4.78, 5) is 16.3. The van der Waals surface area contributed by atoms with Gasteiger partial charge in [0.05, 0.1) is 0 Å². The van der Waals surface area contributed by atoms with Crippen LogP contribution in [-0.4, -0.2) is 10.9 Å². The van der Waals surface area contributed by atoms with Crippen molar-refractivity contribution in [2.24, 2.45) is 0 Å². The van der Waals surface area contributed by atoms with Gasteiger partial charge >= 0.3 is 0 Å². The molecule has 0 bridgehead atoms. The van der Waals surface area contributed by atoms with Crippen LogP contribution in [-0.2, 0) is 0 Å². The van der Waals surface area contributed by atoms with E-state index in [1.54, 1.807) is 49.4 Å². The third-order valence-electron chi connectivity index (χ3n) is 2.90. The lowest BCUT2D eigenvalue weighted by Crippen LogP contribution is -2.11. The third-order valence-corrected chi connectivity index (χ3v) is 2.90. The maximum atomic E-state index is 12.1. The van der Waals surface area contributed by atoms with E-state index < -0.39 is 0 Å². The molecule has 100 valence electrons. The van der Waals surface area contributed by atoms with Gasteiger partial charge in [-0.25, -0.2) is 4.98 Å². The third kappa shape index (κ3) is 2.33. The quantitative estimate of drug-likeness (QED) is 0.699. The summed E-state index contributed by atoms with van der Waals surface area (Å²) in [5.41, 5.74) is 8.80. The van der Waals surface area contributed by atoms with Crippen molar-refractivity contribution in [2.45, 2.75) is 6.92 Å². The van der Waals surface area contributed by atoms with E-state index in [9.17, 15) is 4.79 Å². The molecule has 5 heteroatoms. The van der Waals surface area contributed by atoms with Crippen molar-refractivity contribution in [2.75, 3.05) is 11.1 Å². The zero-order valence-corrected chi connectivity index (χ0v) is 10.9. The number of carbonyl (C=O) groups excluding carboxylic acids is 1. The first-order valence-electron chi connectivity index (χ1n) is 6.16. The highest BCUT2D eigenvalue weighted by atomic mass is 16.3. The topological polar surface area (TPSA) is 81.2 Å². The molecule has 2 aromatic carbocycles. The van der Waals surface area contributed by atoms with Crippen LogP contribution in [0.5, 0.6) is 0 Å². The van der Waals surface area contributed by atoms with Crippen LogP contribution in [0.3, 0.4) is 0 Å². The number of aryl methyl sites for hydroxylation is 1. The van der Waals surface area contributed by atoms with E-state index in [0.29, 0.717) is 28.4 Å². The molecule has 3 rings (SSSR count). The number of hydrogen-bond donors (Lipinski definition) is 2. The zero-order valence-electron chi connectivity index (χ0n) is 10.9. The highest BCUT2D eigenvalue weighted by molar-refractivity contribution is 6.05. The largest absolute Gasteiger partial charge is 0.441 e. The summed E-state index contributed by atoms with van der Waals surface area (Å²) in [7, 11) is 0. The Kier molecular flexibility index (Phi) is 2.87. The van der Waals surface area contributed by atoms with E-state index in [-0.39, 0.29) is 5.91 Å². The summed E-state index contributed by atoms with van der Waals surface area (Å²) in [6.07, 6.45) is 0. The molecule has 0 aliphatic carbocycles. The number of carbonyl (C=O) groups is 1. The molecule has 3 aromatic rings. The Morgan fingerprint density at radius 1 is 1.25 bits per heavy atom. The Morgan fingerprint density at radius 2 is 2.10 bits per heavy atom. The molecule has 5 nitrogen and oxygen atoms in total. The van der Waals surface area contributed by atoms with Crippen molar-refractivity contribution in [3.63, 3.8) is 0 Å². The maximum absolute atomic E-state index is 12.1. The van der Waals surface area contributed by atoms with Gasteiger partial charge in [0.25, 0.3) is 5.91 Å². The van der Waals surface area contributed by atoms with Crippen LogP contribution in [0.2, 0.25) is 0 Å². The Balaban J connectivity index is 1.87. The zero-order chi connectivity index (χ0) is 14.1. The molecule has 0 atom stereocenters. The Labute approximate surface area is 115 Å². The number of oxazole rings is 1. The van der Waals surface area contributed by atoms with Crippen molar-refractivity contribution < 1.29 is 9.21 Å². The second-order valence-corrected chi connectivity index (χ2v) is 4.49. The fourth-order valence-electron chi connectivity index (χ4n) is 2.00. The lowest BCUT2D eigenvalue weighted by molar-refractivity contribution is 0.102. The molecule has 1 amide bonds. The van der Waals surface area contributed by atoms with Gasteiger partial charge in [0, 0.05) is 29.9 Å². The van der Waals surface area contributed by atoms with Crippen LogP contribution in [0.4, 0.5) is 11.4 Å². The second-order valence-electron chi connectivity index (χ2n) is 4.49. The number of nitrogens with one attached hydrogen (secondary N) is 1. The average molecular weight is 267 g/mol. The van der Waals surface area contributed by atoms with Gasteiger partial charge in [-0.15, -0.1) is 0 Å². The summed E-state index contributed by atoms with van der Waals surface area (Å²) < 4.78 is 5.43. The number of aromatic nitrogens is 1.